The summed E-state index contributed by atoms with van der Waals surface area (Å²) in [5.41, 5.74) is -1.60. The predicted molar refractivity (Wildman–Crippen MR) is 90.4 cm³/mol. The van der Waals surface area contributed by atoms with Gasteiger partial charge in [-0.25, -0.2) is 0 Å². The SMILES string of the molecule is C[C@@]12[C@@H]3C=C[C@@H]([C@@H]3O)[C@@H]1CN(c1ccc(C#N)c(C(F)(F)F)c1)S2(O)O. The second-order valence-electron chi connectivity index (χ2n) is 7.19. The number of nitriles is 1. The molecular formula is C17H17F3N2O3S. The van der Waals surface area contributed by atoms with Crippen molar-refractivity contribution >= 4 is 16.5 Å². The smallest absolute Gasteiger partial charge is 0.392 e. The summed E-state index contributed by atoms with van der Waals surface area (Å²) in [6.45, 7) is 1.81. The van der Waals surface area contributed by atoms with Gasteiger partial charge in [0, 0.05) is 24.3 Å². The molecule has 140 valence electrons. The number of aliphatic hydroxyl groups is 1. The van der Waals surface area contributed by atoms with Crippen molar-refractivity contribution in [1.82, 2.24) is 0 Å². The fourth-order valence-electron chi connectivity index (χ4n) is 4.73. The zero-order valence-electron chi connectivity index (χ0n) is 13.7. The van der Waals surface area contributed by atoms with Crippen molar-refractivity contribution < 1.29 is 27.4 Å². The Labute approximate surface area is 149 Å². The number of hydrogen-bond donors (Lipinski definition) is 3. The Kier molecular flexibility index (Phi) is 3.51. The van der Waals surface area contributed by atoms with Gasteiger partial charge >= 0.3 is 6.18 Å². The minimum atomic E-state index is -4.72. The molecule has 1 aromatic carbocycles. The van der Waals surface area contributed by atoms with Gasteiger partial charge in [0.25, 0.3) is 0 Å². The molecule has 1 saturated heterocycles. The molecule has 0 unspecified atom stereocenters. The molecule has 1 heterocycles. The molecule has 0 amide bonds. The quantitative estimate of drug-likeness (QED) is 0.642. The Balaban J connectivity index is 1.79. The summed E-state index contributed by atoms with van der Waals surface area (Å²) in [6, 6.07) is 4.66. The molecule has 1 aliphatic heterocycles. The summed E-state index contributed by atoms with van der Waals surface area (Å²) in [6.07, 6.45) is -1.81. The molecule has 0 spiro atoms. The molecule has 0 aromatic heterocycles. The number of benzene rings is 1. The van der Waals surface area contributed by atoms with Crippen molar-refractivity contribution in [3.8, 4) is 6.07 Å². The Morgan fingerprint density at radius 3 is 2.58 bits per heavy atom. The fraction of sp³-hybridized carbons (Fsp3) is 0.471. The predicted octanol–water partition coefficient (Wildman–Crippen LogP) is 3.61. The number of aliphatic hydroxyl groups excluding tert-OH is 1. The second-order valence-corrected chi connectivity index (χ2v) is 9.55. The highest BCUT2D eigenvalue weighted by atomic mass is 32.3. The third kappa shape index (κ3) is 1.98. The lowest BCUT2D eigenvalue weighted by atomic mass is 9.83. The van der Waals surface area contributed by atoms with E-state index in [2.05, 4.69) is 0 Å². The van der Waals surface area contributed by atoms with Crippen molar-refractivity contribution in [2.45, 2.75) is 24.0 Å². The van der Waals surface area contributed by atoms with Crippen molar-refractivity contribution in [3.05, 3.63) is 41.5 Å². The number of halogens is 3. The van der Waals surface area contributed by atoms with Crippen LogP contribution in [0.2, 0.25) is 0 Å². The van der Waals surface area contributed by atoms with E-state index in [-0.39, 0.29) is 24.1 Å². The van der Waals surface area contributed by atoms with E-state index in [0.717, 1.165) is 12.1 Å². The lowest BCUT2D eigenvalue weighted by Crippen LogP contribution is -2.41. The minimum absolute atomic E-state index is 0.0147. The van der Waals surface area contributed by atoms with Crippen LogP contribution in [0.5, 0.6) is 0 Å². The molecule has 26 heavy (non-hydrogen) atoms. The van der Waals surface area contributed by atoms with Gasteiger partial charge in [0.2, 0.25) is 0 Å². The third-order valence-corrected chi connectivity index (χ3v) is 8.87. The summed E-state index contributed by atoms with van der Waals surface area (Å²) >= 11 is 0. The first kappa shape index (κ1) is 17.7. The fourth-order valence-corrected chi connectivity index (χ4v) is 7.20. The van der Waals surface area contributed by atoms with Gasteiger partial charge in [0.1, 0.15) is 0 Å². The monoisotopic (exact) mass is 386 g/mol. The van der Waals surface area contributed by atoms with Crippen LogP contribution in [0.1, 0.15) is 18.1 Å². The Hall–Kier alpha value is -1.73. The molecule has 5 nitrogen and oxygen atoms in total. The van der Waals surface area contributed by atoms with Gasteiger partial charge in [-0.05, 0) is 25.1 Å². The van der Waals surface area contributed by atoms with E-state index >= 15 is 0 Å². The van der Waals surface area contributed by atoms with E-state index in [1.54, 1.807) is 13.0 Å². The van der Waals surface area contributed by atoms with Crippen LogP contribution in [0.15, 0.2) is 30.4 Å². The zero-order valence-corrected chi connectivity index (χ0v) is 14.5. The van der Waals surface area contributed by atoms with Crippen molar-refractivity contribution in [1.29, 1.82) is 5.26 Å². The number of rotatable bonds is 1. The number of nitrogens with zero attached hydrogens (tertiary/aromatic N) is 2. The van der Waals surface area contributed by atoms with Crippen LogP contribution < -0.4 is 4.31 Å². The van der Waals surface area contributed by atoms with Gasteiger partial charge in [0.15, 0.2) is 0 Å². The van der Waals surface area contributed by atoms with Crippen LogP contribution in [0.4, 0.5) is 18.9 Å². The largest absolute Gasteiger partial charge is 0.417 e. The highest BCUT2D eigenvalue weighted by molar-refractivity contribution is 8.26. The number of hydrogen-bond acceptors (Lipinski definition) is 5. The summed E-state index contributed by atoms with van der Waals surface area (Å²) in [5.74, 6) is -0.975. The van der Waals surface area contributed by atoms with Crippen LogP contribution in [0.25, 0.3) is 0 Å². The molecule has 1 saturated carbocycles. The first-order valence-corrected chi connectivity index (χ1v) is 9.57. The molecule has 9 heteroatoms. The van der Waals surface area contributed by atoms with Crippen LogP contribution in [0, 0.1) is 29.1 Å². The van der Waals surface area contributed by atoms with Crippen LogP contribution in [-0.2, 0) is 6.18 Å². The van der Waals surface area contributed by atoms with E-state index in [4.69, 9.17) is 5.26 Å². The molecule has 2 aliphatic carbocycles. The van der Waals surface area contributed by atoms with Crippen molar-refractivity contribution in [2.24, 2.45) is 17.8 Å². The van der Waals surface area contributed by atoms with Crippen LogP contribution in [-0.4, -0.2) is 31.6 Å². The van der Waals surface area contributed by atoms with E-state index in [0.29, 0.717) is 0 Å². The van der Waals surface area contributed by atoms with Gasteiger partial charge in [-0.2, -0.15) is 18.4 Å². The van der Waals surface area contributed by atoms with Gasteiger partial charge < -0.3 is 5.11 Å². The molecule has 4 rings (SSSR count). The van der Waals surface area contributed by atoms with E-state index in [1.165, 1.54) is 16.4 Å². The van der Waals surface area contributed by atoms with Gasteiger partial charge in [-0.3, -0.25) is 13.4 Å². The summed E-state index contributed by atoms with van der Waals surface area (Å²) < 4.78 is 61.9. The van der Waals surface area contributed by atoms with E-state index in [1.807, 2.05) is 6.08 Å². The Morgan fingerprint density at radius 2 is 2.00 bits per heavy atom. The number of alkyl halides is 3. The van der Waals surface area contributed by atoms with Gasteiger partial charge in [0.05, 0.1) is 33.7 Å². The Morgan fingerprint density at radius 1 is 1.31 bits per heavy atom. The van der Waals surface area contributed by atoms with Gasteiger partial charge in [-0.1, -0.05) is 12.2 Å². The molecular weight excluding hydrogens is 369 g/mol. The van der Waals surface area contributed by atoms with E-state index in [9.17, 15) is 27.4 Å². The summed E-state index contributed by atoms with van der Waals surface area (Å²) in [5, 5.41) is 19.3. The van der Waals surface area contributed by atoms with Crippen molar-refractivity contribution in [2.75, 3.05) is 10.8 Å². The molecule has 0 radical (unpaired) electrons. The van der Waals surface area contributed by atoms with Crippen molar-refractivity contribution in [3.63, 3.8) is 0 Å². The zero-order chi connectivity index (χ0) is 19.1. The maximum atomic E-state index is 13.3. The average molecular weight is 386 g/mol. The lowest BCUT2D eigenvalue weighted by Gasteiger charge is -2.50. The first-order chi connectivity index (χ1) is 12.0. The topological polar surface area (TPSA) is 87.7 Å². The molecule has 3 N–H and O–H groups in total. The first-order valence-electron chi connectivity index (χ1n) is 8.06. The Bertz CT molecular complexity index is 851. The number of fused-ring (bicyclic) bond motifs is 5. The molecule has 2 fully saturated rings. The molecule has 2 bridgehead atoms. The molecule has 1 aromatic rings. The average Bonchev–Trinajstić information content (AvgIpc) is 3.11. The maximum absolute atomic E-state index is 13.3. The highest BCUT2D eigenvalue weighted by Gasteiger charge is 2.69. The molecule has 3 aliphatic rings. The standard InChI is InChI=1S/C17H17F3N2O3S/c1-16-12-5-4-11(15(12)23)14(16)8-22(26(16,24)25)10-3-2-9(7-21)13(6-10)17(18,19)20/h2-6,11-12,14-15,23-25H,8H2,1H3/t11-,12-,14+,15+,16-/m1/s1. The normalized spacial score (nSPS) is 38.3. The highest BCUT2D eigenvalue weighted by Crippen LogP contribution is 2.74. The molecule has 5 atom stereocenters. The minimum Gasteiger partial charge on any atom is -0.392 e. The van der Waals surface area contributed by atoms with E-state index < -0.39 is 44.8 Å². The van der Waals surface area contributed by atoms with Gasteiger partial charge in [-0.15, -0.1) is 10.8 Å². The van der Waals surface area contributed by atoms with Crippen LogP contribution >= 0.6 is 10.8 Å². The number of anilines is 1. The maximum Gasteiger partial charge on any atom is 0.417 e. The second kappa shape index (κ2) is 5.16. The summed E-state index contributed by atoms with van der Waals surface area (Å²) in [7, 11) is -3.49. The third-order valence-electron chi connectivity index (χ3n) is 6.14. The van der Waals surface area contributed by atoms with Crippen LogP contribution in [0.3, 0.4) is 0 Å². The summed E-state index contributed by atoms with van der Waals surface area (Å²) in [4.78, 5) is 0. The lowest BCUT2D eigenvalue weighted by molar-refractivity contribution is -0.137.